The lowest BCUT2D eigenvalue weighted by Crippen LogP contribution is -2.57. The van der Waals surface area contributed by atoms with Crippen molar-refractivity contribution in [2.75, 3.05) is 27.8 Å². The van der Waals surface area contributed by atoms with Crippen LogP contribution in [0.25, 0.3) is 0 Å². The predicted molar refractivity (Wildman–Crippen MR) is 197 cm³/mol. The number of nitrogens with one attached hydrogen (secondary N) is 2. The predicted octanol–water partition coefficient (Wildman–Crippen LogP) is 4.07. The normalized spacial score (nSPS) is 18.7. The van der Waals surface area contributed by atoms with Crippen LogP contribution in [0, 0.1) is 23.7 Å². The first-order valence-corrected chi connectivity index (χ1v) is 18.2. The third-order valence-corrected chi connectivity index (χ3v) is 10.4. The van der Waals surface area contributed by atoms with Gasteiger partial charge in [-0.2, -0.15) is 0 Å². The second kappa shape index (κ2) is 20.3. The Bertz CT molecular complexity index is 1340. The number of carboxylic acids is 1. The third-order valence-electron chi connectivity index (χ3n) is 10.4. The molecule has 8 atom stereocenters. The van der Waals surface area contributed by atoms with Crippen LogP contribution in [0.1, 0.15) is 79.7 Å². The van der Waals surface area contributed by atoms with Crippen molar-refractivity contribution in [2.45, 2.75) is 117 Å². The number of carbonyl (C=O) groups excluding carboxylic acids is 4. The van der Waals surface area contributed by atoms with Gasteiger partial charge >= 0.3 is 5.97 Å². The number of carboxylic acid groups (broad SMARTS) is 1. The number of ether oxygens (including phenoxy) is 2. The van der Waals surface area contributed by atoms with Gasteiger partial charge in [0.2, 0.25) is 23.6 Å². The number of hydrogen-bond donors (Lipinski definition) is 3. The molecule has 12 heteroatoms. The molecule has 1 fully saturated rings. The summed E-state index contributed by atoms with van der Waals surface area (Å²) < 4.78 is 11.7. The van der Waals surface area contributed by atoms with Crippen molar-refractivity contribution in [3.63, 3.8) is 0 Å². The summed E-state index contributed by atoms with van der Waals surface area (Å²) in [4.78, 5) is 69.8. The fourth-order valence-corrected chi connectivity index (χ4v) is 6.71. The highest BCUT2D eigenvalue weighted by Crippen LogP contribution is 2.29. The maximum Gasteiger partial charge on any atom is 0.326 e. The molecule has 1 saturated heterocycles. The van der Waals surface area contributed by atoms with E-state index in [1.54, 1.807) is 23.8 Å². The van der Waals surface area contributed by atoms with E-state index in [1.165, 1.54) is 14.2 Å². The molecule has 0 saturated carbocycles. The van der Waals surface area contributed by atoms with Gasteiger partial charge in [-0.05, 0) is 36.7 Å². The molecule has 1 aromatic carbocycles. The van der Waals surface area contributed by atoms with Gasteiger partial charge in [-0.15, -0.1) is 0 Å². The number of benzene rings is 1. The second-order valence-electron chi connectivity index (χ2n) is 14.5. The number of rotatable bonds is 20. The largest absolute Gasteiger partial charge is 0.480 e. The Kier molecular flexibility index (Phi) is 17.3. The van der Waals surface area contributed by atoms with Crippen molar-refractivity contribution in [1.29, 1.82) is 0 Å². The molecule has 2 rings (SSSR count). The van der Waals surface area contributed by atoms with Crippen molar-refractivity contribution in [3.8, 4) is 0 Å². The van der Waals surface area contributed by atoms with E-state index in [4.69, 9.17) is 9.47 Å². The van der Waals surface area contributed by atoms with Gasteiger partial charge in [0.05, 0.1) is 36.6 Å². The summed E-state index contributed by atoms with van der Waals surface area (Å²) in [5.74, 6) is -3.46. The third kappa shape index (κ3) is 11.6. The molecular weight excluding hydrogens is 652 g/mol. The minimum atomic E-state index is -1.14. The van der Waals surface area contributed by atoms with E-state index in [1.807, 2.05) is 71.9 Å². The minimum absolute atomic E-state index is 0.0629. The maximum atomic E-state index is 14.1. The van der Waals surface area contributed by atoms with Gasteiger partial charge in [0.1, 0.15) is 12.1 Å². The van der Waals surface area contributed by atoms with Crippen LogP contribution in [0.2, 0.25) is 0 Å². The standard InChI is InChI=1S/C39H62N4O8/c1-12-25(6)34(42(9)38(47)33(24(4)5)41-36(45)26(7)23(2)3)31(50-10)22-32(44)43-20-16-19-30(43)35(51-11)27(8)37(46)40-29(39(48)49)21-28-17-14-13-15-18-28/h13-15,17-18,23-24,26-27,29-31,33-35H,6,12,16,19-22H2,1-5,7-11H3,(H,40,46)(H,41,45)(H,48,49)/t26-,27+,29-,30-,31+,33-,34-,35+/m0/s1. The van der Waals surface area contributed by atoms with E-state index >= 15 is 0 Å². The molecule has 0 aliphatic carbocycles. The molecule has 0 radical (unpaired) electrons. The molecule has 1 aromatic rings. The molecule has 4 amide bonds. The average molecular weight is 715 g/mol. The number of methoxy groups -OCH3 is 2. The summed E-state index contributed by atoms with van der Waals surface area (Å²) in [7, 11) is 4.64. The number of aliphatic carboxylic acids is 1. The van der Waals surface area contributed by atoms with E-state index in [0.717, 1.165) is 5.56 Å². The lowest BCUT2D eigenvalue weighted by Gasteiger charge is -2.39. The summed E-state index contributed by atoms with van der Waals surface area (Å²) in [6.45, 7) is 17.8. The lowest BCUT2D eigenvalue weighted by atomic mass is 9.92. The summed E-state index contributed by atoms with van der Waals surface area (Å²) in [6.07, 6.45) is 0.453. The van der Waals surface area contributed by atoms with E-state index in [-0.39, 0.29) is 48.3 Å². The van der Waals surface area contributed by atoms with E-state index in [9.17, 15) is 29.1 Å². The number of amides is 4. The number of carbonyl (C=O) groups is 5. The van der Waals surface area contributed by atoms with Crippen LogP contribution in [0.4, 0.5) is 0 Å². The molecule has 0 bridgehead atoms. The molecule has 12 nitrogen and oxygen atoms in total. The number of nitrogens with zero attached hydrogens (tertiary/aromatic N) is 2. The molecule has 0 unspecified atom stereocenters. The zero-order chi connectivity index (χ0) is 38.6. The summed E-state index contributed by atoms with van der Waals surface area (Å²) in [6, 6.07) is 6.07. The Balaban J connectivity index is 2.26. The first-order valence-electron chi connectivity index (χ1n) is 18.2. The minimum Gasteiger partial charge on any atom is -0.480 e. The SMILES string of the molecule is C=C(CC)[C@@H]([C@@H](CC(=O)N1CCC[C@H]1[C@H](OC)[C@@H](C)C(=O)N[C@@H](Cc1ccccc1)C(=O)O)OC)N(C)C(=O)[C@@H](NC(=O)[C@@H](C)C(C)C)C(C)C. The average Bonchev–Trinajstić information content (AvgIpc) is 3.59. The molecule has 286 valence electrons. The van der Waals surface area contributed by atoms with Crippen LogP contribution < -0.4 is 10.6 Å². The lowest BCUT2D eigenvalue weighted by molar-refractivity contribution is -0.146. The highest BCUT2D eigenvalue weighted by Gasteiger charge is 2.43. The number of likely N-dealkylation sites (N-methyl/N-ethyl adjacent to an activating group) is 1. The first kappa shape index (κ1) is 43.4. The van der Waals surface area contributed by atoms with E-state index in [2.05, 4.69) is 17.2 Å². The molecule has 1 aliphatic rings. The summed E-state index contributed by atoms with van der Waals surface area (Å²) in [5, 5.41) is 15.5. The Hall–Kier alpha value is -3.77. The molecule has 3 N–H and O–H groups in total. The van der Waals surface area contributed by atoms with E-state index in [0.29, 0.717) is 31.4 Å². The Morgan fingerprint density at radius 1 is 0.941 bits per heavy atom. The summed E-state index contributed by atoms with van der Waals surface area (Å²) in [5.41, 5.74) is 1.49. The maximum absolute atomic E-state index is 14.1. The highest BCUT2D eigenvalue weighted by atomic mass is 16.5. The molecular formula is C39H62N4O8. The quantitative estimate of drug-likeness (QED) is 0.171. The second-order valence-corrected chi connectivity index (χ2v) is 14.5. The Morgan fingerprint density at radius 2 is 1.55 bits per heavy atom. The Morgan fingerprint density at radius 3 is 2.06 bits per heavy atom. The van der Waals surface area contributed by atoms with Gasteiger partial charge in [0.25, 0.3) is 0 Å². The first-order chi connectivity index (χ1) is 24.0. The van der Waals surface area contributed by atoms with Crippen LogP contribution >= 0.6 is 0 Å². The van der Waals surface area contributed by atoms with E-state index < -0.39 is 54.2 Å². The van der Waals surface area contributed by atoms with Gasteiger partial charge in [-0.25, -0.2) is 4.79 Å². The van der Waals surface area contributed by atoms with Crippen molar-refractivity contribution in [2.24, 2.45) is 23.7 Å². The molecule has 51 heavy (non-hydrogen) atoms. The van der Waals surface area contributed by atoms with Gasteiger partial charge in [-0.3, -0.25) is 19.2 Å². The van der Waals surface area contributed by atoms with Crippen LogP contribution in [0.5, 0.6) is 0 Å². The zero-order valence-corrected chi connectivity index (χ0v) is 32.3. The monoisotopic (exact) mass is 714 g/mol. The van der Waals surface area contributed by atoms with Crippen LogP contribution in [-0.4, -0.2) is 109 Å². The number of hydrogen-bond acceptors (Lipinski definition) is 7. The zero-order valence-electron chi connectivity index (χ0n) is 32.3. The van der Waals surface area contributed by atoms with Gasteiger partial charge < -0.3 is 35.0 Å². The molecule has 0 spiro atoms. The van der Waals surface area contributed by atoms with Gasteiger partial charge in [-0.1, -0.05) is 91.0 Å². The fourth-order valence-electron chi connectivity index (χ4n) is 6.71. The van der Waals surface area contributed by atoms with Gasteiger partial charge in [0, 0.05) is 40.2 Å². The molecule has 1 aliphatic heterocycles. The highest BCUT2D eigenvalue weighted by molar-refractivity contribution is 5.89. The van der Waals surface area contributed by atoms with Crippen molar-refractivity contribution < 1.29 is 38.6 Å². The Labute approximate surface area is 304 Å². The smallest absolute Gasteiger partial charge is 0.326 e. The van der Waals surface area contributed by atoms with Crippen LogP contribution in [0.15, 0.2) is 42.5 Å². The van der Waals surface area contributed by atoms with Gasteiger partial charge in [0.15, 0.2) is 0 Å². The fraction of sp³-hybridized carbons (Fsp3) is 0.667. The van der Waals surface area contributed by atoms with Crippen molar-refractivity contribution >= 4 is 29.6 Å². The van der Waals surface area contributed by atoms with Crippen molar-refractivity contribution in [1.82, 2.24) is 20.4 Å². The number of likely N-dealkylation sites (tertiary alicyclic amines) is 1. The molecule has 0 aromatic heterocycles. The van der Waals surface area contributed by atoms with Crippen molar-refractivity contribution in [3.05, 3.63) is 48.0 Å². The van der Waals surface area contributed by atoms with Crippen LogP contribution in [0.3, 0.4) is 0 Å². The van der Waals surface area contributed by atoms with Crippen LogP contribution in [-0.2, 0) is 39.9 Å². The molecule has 1 heterocycles. The topological polar surface area (TPSA) is 155 Å². The summed E-state index contributed by atoms with van der Waals surface area (Å²) >= 11 is 0.